The van der Waals surface area contributed by atoms with E-state index in [0.717, 1.165) is 11.5 Å². The quantitative estimate of drug-likeness (QED) is 0.721. The molecular weight excluding hydrogens is 232 g/mol. The number of furan rings is 1. The van der Waals surface area contributed by atoms with Gasteiger partial charge in [-0.2, -0.15) is 0 Å². The first-order valence-corrected chi connectivity index (χ1v) is 5.49. The topological polar surface area (TPSA) is 88.5 Å². The minimum absolute atomic E-state index is 0.0932. The summed E-state index contributed by atoms with van der Waals surface area (Å²) in [5.74, 6) is 0.566. The summed E-state index contributed by atoms with van der Waals surface area (Å²) in [7, 11) is 0. The molecule has 1 aromatic carbocycles. The molecule has 1 aromatic heterocycles. The Labute approximate surface area is 104 Å². The van der Waals surface area contributed by atoms with Gasteiger partial charge in [0.2, 0.25) is 0 Å². The third kappa shape index (κ3) is 2.45. The molecule has 0 radical (unpaired) electrons. The van der Waals surface area contributed by atoms with Crippen molar-refractivity contribution in [1.82, 2.24) is 0 Å². The highest BCUT2D eigenvalue weighted by Crippen LogP contribution is 2.23. The minimum Gasteiger partial charge on any atom is -0.478 e. The molecule has 94 valence electrons. The van der Waals surface area contributed by atoms with Gasteiger partial charge in [0.15, 0.2) is 0 Å². The van der Waals surface area contributed by atoms with Crippen molar-refractivity contribution in [2.24, 2.45) is 0 Å². The normalized spacial score (nSPS) is 10.3. The van der Waals surface area contributed by atoms with Crippen molar-refractivity contribution >= 4 is 17.3 Å². The molecule has 0 fully saturated rings. The fourth-order valence-corrected chi connectivity index (χ4v) is 1.67. The fourth-order valence-electron chi connectivity index (χ4n) is 1.67. The van der Waals surface area contributed by atoms with Gasteiger partial charge in [0.05, 0.1) is 23.5 Å². The van der Waals surface area contributed by atoms with E-state index in [1.165, 1.54) is 6.07 Å². The SMILES string of the molecule is Cc1ccc(CNc2cccc(C(=O)O)c2N)o1. The molecule has 0 aliphatic carbocycles. The number of nitrogen functional groups attached to an aromatic ring is 1. The lowest BCUT2D eigenvalue weighted by atomic mass is 10.1. The Bertz CT molecular complexity index is 575. The number of carbonyl (C=O) groups is 1. The van der Waals surface area contributed by atoms with Gasteiger partial charge in [-0.3, -0.25) is 0 Å². The predicted octanol–water partition coefficient (Wildman–Crippen LogP) is 2.48. The standard InChI is InChI=1S/C13H14N2O3/c1-8-5-6-9(18-8)7-15-11-4-2-3-10(12(11)14)13(16)17/h2-6,15H,7,14H2,1H3,(H,16,17). The number of hydrogen-bond donors (Lipinski definition) is 3. The average molecular weight is 246 g/mol. The van der Waals surface area contributed by atoms with Gasteiger partial charge in [0.25, 0.3) is 0 Å². The Morgan fingerprint density at radius 3 is 2.78 bits per heavy atom. The van der Waals surface area contributed by atoms with Crippen LogP contribution in [0.2, 0.25) is 0 Å². The summed E-state index contributed by atoms with van der Waals surface area (Å²) in [4.78, 5) is 10.9. The van der Waals surface area contributed by atoms with Crippen molar-refractivity contribution in [2.45, 2.75) is 13.5 Å². The number of aromatic carboxylic acids is 1. The molecule has 0 saturated heterocycles. The number of carboxylic acid groups (broad SMARTS) is 1. The molecule has 1 heterocycles. The monoisotopic (exact) mass is 246 g/mol. The first-order chi connectivity index (χ1) is 8.58. The molecule has 0 spiro atoms. The van der Waals surface area contributed by atoms with E-state index < -0.39 is 5.97 Å². The summed E-state index contributed by atoms with van der Waals surface area (Å²) in [6.07, 6.45) is 0. The van der Waals surface area contributed by atoms with Gasteiger partial charge in [0, 0.05) is 0 Å². The zero-order valence-corrected chi connectivity index (χ0v) is 9.93. The van der Waals surface area contributed by atoms with Gasteiger partial charge in [-0.25, -0.2) is 4.79 Å². The molecule has 5 nitrogen and oxygen atoms in total. The van der Waals surface area contributed by atoms with Gasteiger partial charge >= 0.3 is 5.97 Å². The highest BCUT2D eigenvalue weighted by atomic mass is 16.4. The fraction of sp³-hybridized carbons (Fsp3) is 0.154. The summed E-state index contributed by atoms with van der Waals surface area (Å²) in [5, 5.41) is 12.0. The van der Waals surface area contributed by atoms with E-state index in [-0.39, 0.29) is 11.3 Å². The molecule has 2 aromatic rings. The van der Waals surface area contributed by atoms with E-state index in [1.807, 2.05) is 19.1 Å². The van der Waals surface area contributed by atoms with Crippen LogP contribution in [-0.4, -0.2) is 11.1 Å². The third-order valence-corrected chi connectivity index (χ3v) is 2.59. The molecule has 0 aliphatic rings. The number of nitrogens with two attached hydrogens (primary N) is 1. The third-order valence-electron chi connectivity index (χ3n) is 2.59. The number of benzene rings is 1. The van der Waals surface area contributed by atoms with Crippen LogP contribution in [0.25, 0.3) is 0 Å². The van der Waals surface area contributed by atoms with E-state index in [0.29, 0.717) is 12.2 Å². The maximum Gasteiger partial charge on any atom is 0.337 e. The molecule has 4 N–H and O–H groups in total. The van der Waals surface area contributed by atoms with Crippen molar-refractivity contribution < 1.29 is 14.3 Å². The highest BCUT2D eigenvalue weighted by Gasteiger charge is 2.10. The van der Waals surface area contributed by atoms with Crippen LogP contribution in [-0.2, 0) is 6.54 Å². The van der Waals surface area contributed by atoms with Crippen LogP contribution in [0.15, 0.2) is 34.7 Å². The second-order valence-corrected chi connectivity index (χ2v) is 3.94. The first kappa shape index (κ1) is 12.0. The minimum atomic E-state index is -1.04. The van der Waals surface area contributed by atoms with E-state index in [4.69, 9.17) is 15.3 Å². The number of carboxylic acids is 1. The van der Waals surface area contributed by atoms with E-state index in [9.17, 15) is 4.79 Å². The van der Waals surface area contributed by atoms with Crippen molar-refractivity contribution in [3.63, 3.8) is 0 Å². The summed E-state index contributed by atoms with van der Waals surface area (Å²) >= 11 is 0. The Kier molecular flexibility index (Phi) is 3.23. The second kappa shape index (κ2) is 4.83. The van der Waals surface area contributed by atoms with Gasteiger partial charge in [-0.15, -0.1) is 0 Å². The summed E-state index contributed by atoms with van der Waals surface area (Å²) in [5.41, 5.74) is 6.69. The van der Waals surface area contributed by atoms with Gasteiger partial charge in [-0.1, -0.05) is 6.07 Å². The van der Waals surface area contributed by atoms with Crippen molar-refractivity contribution in [2.75, 3.05) is 11.1 Å². The van der Waals surface area contributed by atoms with Gasteiger partial charge in [0.1, 0.15) is 11.5 Å². The summed E-state index contributed by atoms with van der Waals surface area (Å²) in [6, 6.07) is 8.58. The Balaban J connectivity index is 2.14. The largest absolute Gasteiger partial charge is 0.478 e. The smallest absolute Gasteiger partial charge is 0.337 e. The molecule has 0 atom stereocenters. The molecule has 0 bridgehead atoms. The van der Waals surface area contributed by atoms with Crippen LogP contribution in [0, 0.1) is 6.92 Å². The van der Waals surface area contributed by atoms with Gasteiger partial charge < -0.3 is 20.6 Å². The Morgan fingerprint density at radius 1 is 1.39 bits per heavy atom. The molecule has 0 unspecified atom stereocenters. The predicted molar refractivity (Wildman–Crippen MR) is 68.6 cm³/mol. The second-order valence-electron chi connectivity index (χ2n) is 3.94. The lowest BCUT2D eigenvalue weighted by Crippen LogP contribution is -2.07. The maximum atomic E-state index is 10.9. The van der Waals surface area contributed by atoms with Crippen molar-refractivity contribution in [3.8, 4) is 0 Å². The highest BCUT2D eigenvalue weighted by molar-refractivity contribution is 5.97. The lowest BCUT2D eigenvalue weighted by Gasteiger charge is -2.09. The van der Waals surface area contributed by atoms with Crippen LogP contribution < -0.4 is 11.1 Å². The zero-order valence-electron chi connectivity index (χ0n) is 9.93. The molecule has 0 amide bonds. The molecular formula is C13H14N2O3. The zero-order chi connectivity index (χ0) is 13.1. The number of hydrogen-bond acceptors (Lipinski definition) is 4. The Hall–Kier alpha value is -2.43. The lowest BCUT2D eigenvalue weighted by molar-refractivity contribution is 0.0698. The van der Waals surface area contributed by atoms with Crippen LogP contribution in [0.1, 0.15) is 21.9 Å². The Morgan fingerprint density at radius 2 is 2.17 bits per heavy atom. The van der Waals surface area contributed by atoms with Crippen LogP contribution in [0.3, 0.4) is 0 Å². The molecule has 18 heavy (non-hydrogen) atoms. The summed E-state index contributed by atoms with van der Waals surface area (Å²) < 4.78 is 5.40. The molecule has 5 heteroatoms. The summed E-state index contributed by atoms with van der Waals surface area (Å²) in [6.45, 7) is 2.32. The average Bonchev–Trinajstić information content (AvgIpc) is 2.73. The number of rotatable bonds is 4. The molecule has 2 rings (SSSR count). The first-order valence-electron chi connectivity index (χ1n) is 5.49. The van der Waals surface area contributed by atoms with Crippen molar-refractivity contribution in [1.29, 1.82) is 0 Å². The number of nitrogens with one attached hydrogen (secondary N) is 1. The van der Waals surface area contributed by atoms with Gasteiger partial charge in [-0.05, 0) is 31.2 Å². The molecule has 0 aliphatic heterocycles. The van der Waals surface area contributed by atoms with E-state index in [1.54, 1.807) is 12.1 Å². The number of anilines is 2. The number of aryl methyl sites for hydroxylation is 1. The molecule has 0 saturated carbocycles. The van der Waals surface area contributed by atoms with Crippen LogP contribution in [0.5, 0.6) is 0 Å². The maximum absolute atomic E-state index is 10.9. The van der Waals surface area contributed by atoms with Crippen LogP contribution >= 0.6 is 0 Å². The van der Waals surface area contributed by atoms with E-state index in [2.05, 4.69) is 5.32 Å². The van der Waals surface area contributed by atoms with Crippen molar-refractivity contribution in [3.05, 3.63) is 47.4 Å². The van der Waals surface area contributed by atoms with Crippen LogP contribution in [0.4, 0.5) is 11.4 Å². The van der Waals surface area contributed by atoms with E-state index >= 15 is 0 Å². The number of para-hydroxylation sites is 1.